The fourth-order valence-corrected chi connectivity index (χ4v) is 3.75. The van der Waals surface area contributed by atoms with Gasteiger partial charge in [-0.2, -0.15) is 4.98 Å². The Balaban J connectivity index is 1.92. The van der Waals surface area contributed by atoms with Crippen molar-refractivity contribution in [3.05, 3.63) is 10.9 Å². The summed E-state index contributed by atoms with van der Waals surface area (Å²) in [7, 11) is 1.77. The number of nitrogens with one attached hydrogen (secondary N) is 1. The number of hydrogen-bond acceptors (Lipinski definition) is 6. The van der Waals surface area contributed by atoms with Crippen LogP contribution in [-0.4, -0.2) is 29.2 Å². The summed E-state index contributed by atoms with van der Waals surface area (Å²) >= 11 is 1.64. The van der Waals surface area contributed by atoms with Crippen LogP contribution in [-0.2, 0) is 4.74 Å². The predicted molar refractivity (Wildman–Crippen MR) is 83.2 cm³/mol. The zero-order valence-electron chi connectivity index (χ0n) is 12.2. The van der Waals surface area contributed by atoms with E-state index in [9.17, 15) is 0 Å². The summed E-state index contributed by atoms with van der Waals surface area (Å²) in [6.07, 6.45) is 1.27. The second-order valence-corrected chi connectivity index (χ2v) is 7.22. The molecule has 2 atom stereocenters. The number of nitrogens with two attached hydrogens (primary N) is 1. The van der Waals surface area contributed by atoms with Crippen LogP contribution < -0.4 is 11.1 Å². The summed E-state index contributed by atoms with van der Waals surface area (Å²) in [5.41, 5.74) is 5.90. The molecule has 5 nitrogen and oxygen atoms in total. The van der Waals surface area contributed by atoms with Crippen LogP contribution in [0.25, 0.3) is 10.2 Å². The fourth-order valence-electron chi connectivity index (χ4n) is 2.86. The second-order valence-electron chi connectivity index (χ2n) is 5.98. The van der Waals surface area contributed by atoms with Crippen LogP contribution in [0.3, 0.4) is 0 Å². The van der Waals surface area contributed by atoms with Gasteiger partial charge in [-0.05, 0) is 19.4 Å². The van der Waals surface area contributed by atoms with E-state index >= 15 is 0 Å². The quantitative estimate of drug-likeness (QED) is 0.910. The Morgan fingerprint density at radius 3 is 2.85 bits per heavy atom. The van der Waals surface area contributed by atoms with Crippen molar-refractivity contribution < 1.29 is 4.74 Å². The minimum atomic E-state index is 0.0891. The van der Waals surface area contributed by atoms with Crippen LogP contribution in [0, 0.1) is 12.3 Å². The average molecular weight is 292 g/mol. The molecule has 0 amide bonds. The van der Waals surface area contributed by atoms with Gasteiger partial charge in [0, 0.05) is 23.4 Å². The minimum absolute atomic E-state index is 0.0891. The predicted octanol–water partition coefficient (Wildman–Crippen LogP) is 2.81. The first kappa shape index (κ1) is 13.6. The van der Waals surface area contributed by atoms with Crippen LogP contribution in [0.2, 0.25) is 0 Å². The maximum absolute atomic E-state index is 5.81. The molecule has 108 valence electrons. The zero-order chi connectivity index (χ0) is 14.5. The van der Waals surface area contributed by atoms with Gasteiger partial charge in [-0.25, -0.2) is 4.98 Å². The van der Waals surface area contributed by atoms with Crippen molar-refractivity contribution in [3.8, 4) is 0 Å². The lowest BCUT2D eigenvalue weighted by molar-refractivity contribution is -0.0795. The Morgan fingerprint density at radius 1 is 1.45 bits per heavy atom. The molecule has 0 radical (unpaired) electrons. The Labute approximate surface area is 122 Å². The number of hydrogen-bond donors (Lipinski definition) is 2. The maximum atomic E-state index is 5.81. The third-order valence-corrected chi connectivity index (χ3v) is 5.25. The van der Waals surface area contributed by atoms with Crippen molar-refractivity contribution in [1.82, 2.24) is 9.97 Å². The summed E-state index contributed by atoms with van der Waals surface area (Å²) in [5.74, 6) is 1.16. The topological polar surface area (TPSA) is 73.1 Å². The standard InChI is InChI=1S/C14H20N4OS/c1-7-5-8-11(17-13(15)18-12(8)20-7)16-9-6-10(19-4)14(9,2)3/h5,9-10H,6H2,1-4H3,(H3,15,16,17,18). The van der Waals surface area contributed by atoms with Crippen LogP contribution >= 0.6 is 11.3 Å². The molecule has 0 saturated heterocycles. The number of ether oxygens (including phenoxy) is 1. The average Bonchev–Trinajstić information content (AvgIpc) is 2.73. The number of anilines is 2. The summed E-state index contributed by atoms with van der Waals surface area (Å²) < 4.78 is 5.49. The van der Waals surface area contributed by atoms with E-state index in [1.807, 2.05) is 0 Å². The lowest BCUT2D eigenvalue weighted by Crippen LogP contribution is -2.57. The highest BCUT2D eigenvalue weighted by Crippen LogP contribution is 2.44. The minimum Gasteiger partial charge on any atom is -0.381 e. The lowest BCUT2D eigenvalue weighted by atomic mass is 9.64. The molecule has 6 heteroatoms. The van der Waals surface area contributed by atoms with Crippen LogP contribution in [0.4, 0.5) is 11.8 Å². The van der Waals surface area contributed by atoms with E-state index in [0.29, 0.717) is 18.1 Å². The highest BCUT2D eigenvalue weighted by molar-refractivity contribution is 7.18. The smallest absolute Gasteiger partial charge is 0.223 e. The maximum Gasteiger partial charge on any atom is 0.223 e. The number of fused-ring (bicyclic) bond motifs is 1. The van der Waals surface area contributed by atoms with E-state index in [1.165, 1.54) is 4.88 Å². The van der Waals surface area contributed by atoms with Crippen LogP contribution in [0.5, 0.6) is 0 Å². The SMILES string of the molecule is COC1CC(Nc2nc(N)nc3sc(C)cc23)C1(C)C. The van der Waals surface area contributed by atoms with Gasteiger partial charge in [0.15, 0.2) is 0 Å². The molecule has 0 aliphatic heterocycles. The van der Waals surface area contributed by atoms with Gasteiger partial charge in [-0.15, -0.1) is 11.3 Å². The molecule has 2 aromatic heterocycles. The number of methoxy groups -OCH3 is 1. The molecule has 0 spiro atoms. The van der Waals surface area contributed by atoms with Gasteiger partial charge in [0.25, 0.3) is 0 Å². The fraction of sp³-hybridized carbons (Fsp3) is 0.571. The van der Waals surface area contributed by atoms with E-state index in [0.717, 1.165) is 22.5 Å². The van der Waals surface area contributed by atoms with Crippen molar-refractivity contribution in [2.24, 2.45) is 5.41 Å². The van der Waals surface area contributed by atoms with Crippen LogP contribution in [0.15, 0.2) is 6.07 Å². The van der Waals surface area contributed by atoms with E-state index in [1.54, 1.807) is 18.4 Å². The molecule has 20 heavy (non-hydrogen) atoms. The van der Waals surface area contributed by atoms with Crippen LogP contribution in [0.1, 0.15) is 25.1 Å². The Morgan fingerprint density at radius 2 is 2.20 bits per heavy atom. The molecule has 0 bridgehead atoms. The van der Waals surface area contributed by atoms with Crippen molar-refractivity contribution in [2.45, 2.75) is 39.3 Å². The largest absolute Gasteiger partial charge is 0.381 e. The van der Waals surface area contributed by atoms with Crippen molar-refractivity contribution in [3.63, 3.8) is 0 Å². The van der Waals surface area contributed by atoms with E-state index < -0.39 is 0 Å². The van der Waals surface area contributed by atoms with E-state index in [-0.39, 0.29) is 5.41 Å². The van der Waals surface area contributed by atoms with Crippen molar-refractivity contribution >= 4 is 33.3 Å². The number of nitrogens with zero attached hydrogens (tertiary/aromatic N) is 2. The molecule has 1 fully saturated rings. The third-order valence-electron chi connectivity index (χ3n) is 4.31. The van der Waals surface area contributed by atoms with Crippen molar-refractivity contribution in [1.29, 1.82) is 0 Å². The van der Waals surface area contributed by atoms with Gasteiger partial charge in [0.05, 0.1) is 11.5 Å². The zero-order valence-corrected chi connectivity index (χ0v) is 13.0. The monoisotopic (exact) mass is 292 g/mol. The Kier molecular flexibility index (Phi) is 3.10. The normalized spacial score (nSPS) is 24.6. The number of nitrogen functional groups attached to an aromatic ring is 1. The summed E-state index contributed by atoms with van der Waals surface area (Å²) in [5, 5.41) is 4.58. The molecule has 2 heterocycles. The first-order valence-corrected chi connectivity index (χ1v) is 7.56. The second kappa shape index (κ2) is 4.56. The Bertz CT molecular complexity index is 652. The van der Waals surface area contributed by atoms with Gasteiger partial charge < -0.3 is 15.8 Å². The Hall–Kier alpha value is -1.40. The highest BCUT2D eigenvalue weighted by atomic mass is 32.1. The first-order chi connectivity index (χ1) is 9.41. The first-order valence-electron chi connectivity index (χ1n) is 6.75. The molecule has 1 saturated carbocycles. The van der Waals surface area contributed by atoms with Gasteiger partial charge in [0.1, 0.15) is 10.6 Å². The summed E-state index contributed by atoms with van der Waals surface area (Å²) in [6, 6.07) is 2.45. The molecule has 2 unspecified atom stereocenters. The highest BCUT2D eigenvalue weighted by Gasteiger charge is 2.48. The molecular weight excluding hydrogens is 272 g/mol. The van der Waals surface area contributed by atoms with Gasteiger partial charge in [0.2, 0.25) is 5.95 Å². The van der Waals surface area contributed by atoms with Gasteiger partial charge in [-0.1, -0.05) is 13.8 Å². The number of thiophene rings is 1. The van der Waals surface area contributed by atoms with E-state index in [2.05, 4.69) is 42.1 Å². The molecule has 3 rings (SSSR count). The molecular formula is C14H20N4OS. The summed E-state index contributed by atoms with van der Waals surface area (Å²) in [4.78, 5) is 10.8. The molecule has 3 N–H and O–H groups in total. The van der Waals surface area contributed by atoms with Crippen molar-refractivity contribution in [2.75, 3.05) is 18.2 Å². The molecule has 1 aliphatic carbocycles. The number of aromatic nitrogens is 2. The molecule has 2 aromatic rings. The third kappa shape index (κ3) is 2.03. The molecule has 1 aliphatic rings. The summed E-state index contributed by atoms with van der Waals surface area (Å²) in [6.45, 7) is 6.49. The number of rotatable bonds is 3. The number of aryl methyl sites for hydroxylation is 1. The lowest BCUT2D eigenvalue weighted by Gasteiger charge is -2.51. The van der Waals surface area contributed by atoms with Gasteiger partial charge in [-0.3, -0.25) is 0 Å². The molecule has 0 aromatic carbocycles. The van der Waals surface area contributed by atoms with Gasteiger partial charge >= 0.3 is 0 Å². The van der Waals surface area contributed by atoms with E-state index in [4.69, 9.17) is 10.5 Å².